The van der Waals surface area contributed by atoms with Crippen LogP contribution in [0.5, 0.6) is 0 Å². The van der Waals surface area contributed by atoms with Crippen molar-refractivity contribution in [3.8, 4) is 0 Å². The summed E-state index contributed by atoms with van der Waals surface area (Å²) in [6.07, 6.45) is -36.9. The Morgan fingerprint density at radius 2 is 0.419 bits per heavy atom. The molecule has 0 aliphatic rings. The predicted molar refractivity (Wildman–Crippen MR) is 110 cm³/mol. The van der Waals surface area contributed by atoms with Gasteiger partial charge in [0.1, 0.15) is 0 Å². The number of alkyl halides is 18. The standard InChI is InChI=1S/C25H10F18/c26-20(27,28)10-4-1-5-11(21(29,30)31)16(10)19(17-12(22(32,33)34)6-2-7-13(17)23(35,36)37)18-14(24(38,39)40)8-3-9-15(18)25(41,42)43/h1-9,19H. The van der Waals surface area contributed by atoms with Crippen LogP contribution < -0.4 is 0 Å². The van der Waals surface area contributed by atoms with E-state index in [1.54, 1.807) is 0 Å². The Morgan fingerprint density at radius 3 is 0.535 bits per heavy atom. The fourth-order valence-corrected chi connectivity index (χ4v) is 4.54. The van der Waals surface area contributed by atoms with Crippen LogP contribution in [-0.2, 0) is 37.1 Å². The lowest BCUT2D eigenvalue weighted by Crippen LogP contribution is -2.28. The van der Waals surface area contributed by atoms with Gasteiger partial charge in [-0.15, -0.1) is 0 Å². The van der Waals surface area contributed by atoms with Crippen LogP contribution in [0, 0.1) is 0 Å². The molecule has 0 radical (unpaired) electrons. The van der Waals surface area contributed by atoms with Crippen molar-refractivity contribution in [1.82, 2.24) is 0 Å². The fourth-order valence-electron chi connectivity index (χ4n) is 4.54. The van der Waals surface area contributed by atoms with Crippen molar-refractivity contribution in [3.05, 3.63) is 105 Å². The Balaban J connectivity index is 2.90. The van der Waals surface area contributed by atoms with Gasteiger partial charge in [-0.05, 0) is 53.1 Å². The summed E-state index contributed by atoms with van der Waals surface area (Å²) >= 11 is 0. The summed E-state index contributed by atoms with van der Waals surface area (Å²) in [5, 5.41) is 0. The summed E-state index contributed by atoms with van der Waals surface area (Å²) in [5.74, 6) is -4.24. The molecule has 0 saturated heterocycles. The lowest BCUT2D eigenvalue weighted by molar-refractivity contribution is -0.144. The molecule has 0 nitrogen and oxygen atoms in total. The molecule has 0 aromatic heterocycles. The third-order valence-electron chi connectivity index (χ3n) is 6.02. The number of benzene rings is 3. The van der Waals surface area contributed by atoms with Gasteiger partial charge in [-0.3, -0.25) is 0 Å². The van der Waals surface area contributed by atoms with Crippen LogP contribution in [0.2, 0.25) is 0 Å². The lowest BCUT2D eigenvalue weighted by atomic mass is 9.73. The van der Waals surface area contributed by atoms with Gasteiger partial charge >= 0.3 is 37.1 Å². The largest absolute Gasteiger partial charge is 0.416 e. The van der Waals surface area contributed by atoms with E-state index in [9.17, 15) is 79.0 Å². The van der Waals surface area contributed by atoms with Crippen molar-refractivity contribution in [1.29, 1.82) is 0 Å². The highest BCUT2D eigenvalue weighted by molar-refractivity contribution is 5.60. The fraction of sp³-hybridized carbons (Fsp3) is 0.280. The number of hydrogen-bond donors (Lipinski definition) is 0. The predicted octanol–water partition coefficient (Wildman–Crippen LogP) is 11.0. The van der Waals surface area contributed by atoms with Crippen LogP contribution in [0.1, 0.15) is 56.0 Å². The van der Waals surface area contributed by atoms with E-state index < -0.39 is 93.0 Å². The smallest absolute Gasteiger partial charge is 0.166 e. The van der Waals surface area contributed by atoms with Gasteiger partial charge in [0.2, 0.25) is 0 Å². The second-order valence-corrected chi connectivity index (χ2v) is 8.72. The normalized spacial score (nSPS) is 14.0. The highest BCUT2D eigenvalue weighted by Crippen LogP contribution is 2.55. The van der Waals surface area contributed by atoms with Gasteiger partial charge in [-0.1, -0.05) is 18.2 Å². The van der Waals surface area contributed by atoms with Gasteiger partial charge in [0.15, 0.2) is 0 Å². The molecule has 3 aromatic carbocycles. The van der Waals surface area contributed by atoms with E-state index >= 15 is 0 Å². The first-order valence-electron chi connectivity index (χ1n) is 11.0. The summed E-state index contributed by atoms with van der Waals surface area (Å²) in [7, 11) is 0. The summed E-state index contributed by atoms with van der Waals surface area (Å²) < 4.78 is 254. The highest BCUT2D eigenvalue weighted by Gasteiger charge is 2.52. The Bertz CT molecular complexity index is 1200. The molecule has 0 saturated carbocycles. The zero-order chi connectivity index (χ0) is 33.1. The maximum absolute atomic E-state index is 14.1. The maximum Gasteiger partial charge on any atom is 0.416 e. The van der Waals surface area contributed by atoms with Crippen molar-refractivity contribution in [2.45, 2.75) is 43.0 Å². The van der Waals surface area contributed by atoms with E-state index in [2.05, 4.69) is 0 Å². The van der Waals surface area contributed by atoms with Gasteiger partial charge < -0.3 is 0 Å². The average Bonchev–Trinajstić information content (AvgIpc) is 2.80. The molecule has 0 heterocycles. The minimum atomic E-state index is -6.15. The first-order valence-corrected chi connectivity index (χ1v) is 11.0. The lowest BCUT2D eigenvalue weighted by Gasteiger charge is -2.33. The van der Waals surface area contributed by atoms with Gasteiger partial charge in [0.05, 0.1) is 33.4 Å². The Morgan fingerprint density at radius 1 is 0.279 bits per heavy atom. The van der Waals surface area contributed by atoms with Crippen LogP contribution in [0.4, 0.5) is 79.0 Å². The molecular weight excluding hydrogens is 642 g/mol. The zero-order valence-electron chi connectivity index (χ0n) is 20.1. The summed E-state index contributed by atoms with van der Waals surface area (Å²) in [5.41, 5.74) is -24.6. The highest BCUT2D eigenvalue weighted by atomic mass is 19.4. The molecule has 236 valence electrons. The molecule has 18 heteroatoms. The Kier molecular flexibility index (Phi) is 8.31. The molecule has 3 rings (SSSR count). The Hall–Kier alpha value is -3.60. The summed E-state index contributed by atoms with van der Waals surface area (Å²) in [6, 6.07) is -2.04. The van der Waals surface area contributed by atoms with E-state index in [-0.39, 0.29) is 54.6 Å². The second kappa shape index (κ2) is 10.5. The van der Waals surface area contributed by atoms with Crippen molar-refractivity contribution >= 4 is 0 Å². The monoisotopic (exact) mass is 652 g/mol. The summed E-state index contributed by atoms with van der Waals surface area (Å²) in [4.78, 5) is 0. The zero-order valence-corrected chi connectivity index (χ0v) is 20.1. The molecule has 3 aromatic rings. The van der Waals surface area contributed by atoms with E-state index in [1.807, 2.05) is 0 Å². The van der Waals surface area contributed by atoms with Crippen LogP contribution in [0.3, 0.4) is 0 Å². The average molecular weight is 652 g/mol. The van der Waals surface area contributed by atoms with Gasteiger partial charge in [0, 0.05) is 5.92 Å². The minimum Gasteiger partial charge on any atom is -0.166 e. The number of hydrogen-bond acceptors (Lipinski definition) is 0. The van der Waals surface area contributed by atoms with Gasteiger partial charge in [-0.2, -0.15) is 79.0 Å². The molecule has 0 amide bonds. The molecule has 0 fully saturated rings. The molecular formula is C25H10F18. The topological polar surface area (TPSA) is 0 Å². The van der Waals surface area contributed by atoms with Crippen molar-refractivity contribution < 1.29 is 79.0 Å². The molecule has 0 unspecified atom stereocenters. The van der Waals surface area contributed by atoms with Crippen LogP contribution in [0.15, 0.2) is 54.6 Å². The van der Waals surface area contributed by atoms with E-state index in [0.29, 0.717) is 0 Å². The van der Waals surface area contributed by atoms with Crippen LogP contribution in [0.25, 0.3) is 0 Å². The van der Waals surface area contributed by atoms with E-state index in [0.717, 1.165) is 0 Å². The minimum absolute atomic E-state index is 0.0210. The molecule has 0 spiro atoms. The maximum atomic E-state index is 14.1. The molecule has 0 N–H and O–H groups in total. The molecule has 0 bridgehead atoms. The molecule has 0 atom stereocenters. The molecule has 0 aliphatic heterocycles. The van der Waals surface area contributed by atoms with Gasteiger partial charge in [0.25, 0.3) is 0 Å². The quantitative estimate of drug-likeness (QED) is 0.195. The second-order valence-electron chi connectivity index (χ2n) is 8.72. The van der Waals surface area contributed by atoms with E-state index in [1.165, 1.54) is 0 Å². The third kappa shape index (κ3) is 6.82. The SMILES string of the molecule is FC(F)(F)c1cccc(C(F)(F)F)c1C(c1c(C(F)(F)F)cccc1C(F)(F)F)c1c(C(F)(F)F)cccc1C(F)(F)F. The first-order chi connectivity index (χ1) is 19.2. The van der Waals surface area contributed by atoms with Crippen molar-refractivity contribution in [2.24, 2.45) is 0 Å². The Labute approximate surface area is 227 Å². The van der Waals surface area contributed by atoms with Gasteiger partial charge in [-0.25, -0.2) is 0 Å². The third-order valence-corrected chi connectivity index (χ3v) is 6.02. The van der Waals surface area contributed by atoms with E-state index in [4.69, 9.17) is 0 Å². The van der Waals surface area contributed by atoms with Crippen LogP contribution >= 0.6 is 0 Å². The van der Waals surface area contributed by atoms with Crippen molar-refractivity contribution in [2.75, 3.05) is 0 Å². The molecule has 0 aliphatic carbocycles. The number of halogens is 18. The molecule has 43 heavy (non-hydrogen) atoms. The first kappa shape index (κ1) is 33.9. The van der Waals surface area contributed by atoms with Crippen molar-refractivity contribution in [3.63, 3.8) is 0 Å². The number of rotatable bonds is 3. The summed E-state index contributed by atoms with van der Waals surface area (Å²) in [6.45, 7) is 0. The van der Waals surface area contributed by atoms with Crippen LogP contribution in [-0.4, -0.2) is 0 Å².